The van der Waals surface area contributed by atoms with Crippen molar-refractivity contribution in [3.05, 3.63) is 54.6 Å². The standard InChI is InChI=1S/C16H12F2N2O/c17-16(18)21-11-6-7-14-12(8-11)13(19)9-15(20-14)10-4-2-1-3-5-10/h1-9,16H,(H2,19,20). The molecule has 3 nitrogen and oxygen atoms in total. The maximum atomic E-state index is 12.2. The number of fused-ring (bicyclic) bond motifs is 1. The lowest BCUT2D eigenvalue weighted by Gasteiger charge is -2.09. The smallest absolute Gasteiger partial charge is 0.387 e. The molecule has 0 amide bonds. The third-order valence-electron chi connectivity index (χ3n) is 3.11. The van der Waals surface area contributed by atoms with Gasteiger partial charge in [0.2, 0.25) is 0 Å². The van der Waals surface area contributed by atoms with Crippen molar-refractivity contribution in [2.45, 2.75) is 6.61 Å². The van der Waals surface area contributed by atoms with Crippen molar-refractivity contribution in [2.75, 3.05) is 5.73 Å². The normalized spacial score (nSPS) is 11.0. The van der Waals surface area contributed by atoms with Crippen molar-refractivity contribution in [1.82, 2.24) is 4.98 Å². The van der Waals surface area contributed by atoms with Crippen molar-refractivity contribution < 1.29 is 13.5 Å². The van der Waals surface area contributed by atoms with Crippen LogP contribution in [0.3, 0.4) is 0 Å². The van der Waals surface area contributed by atoms with Gasteiger partial charge < -0.3 is 10.5 Å². The summed E-state index contributed by atoms with van der Waals surface area (Å²) in [5.41, 5.74) is 8.80. The first-order valence-electron chi connectivity index (χ1n) is 6.34. The summed E-state index contributed by atoms with van der Waals surface area (Å²) in [5.74, 6) is 0.0680. The van der Waals surface area contributed by atoms with Gasteiger partial charge in [-0.15, -0.1) is 0 Å². The molecule has 1 heterocycles. The Hall–Kier alpha value is -2.69. The Kier molecular flexibility index (Phi) is 3.39. The number of rotatable bonds is 3. The number of alkyl halides is 2. The van der Waals surface area contributed by atoms with Gasteiger partial charge >= 0.3 is 6.61 Å². The molecule has 5 heteroatoms. The van der Waals surface area contributed by atoms with E-state index in [0.717, 1.165) is 11.3 Å². The molecule has 0 unspecified atom stereocenters. The first kappa shape index (κ1) is 13.3. The van der Waals surface area contributed by atoms with E-state index >= 15 is 0 Å². The quantitative estimate of drug-likeness (QED) is 0.789. The van der Waals surface area contributed by atoms with Gasteiger partial charge in [-0.3, -0.25) is 0 Å². The van der Waals surface area contributed by atoms with Gasteiger partial charge in [0.15, 0.2) is 0 Å². The van der Waals surface area contributed by atoms with Gasteiger partial charge in [0.05, 0.1) is 11.2 Å². The molecule has 0 fully saturated rings. The fourth-order valence-electron chi connectivity index (χ4n) is 2.16. The summed E-state index contributed by atoms with van der Waals surface area (Å²) in [5, 5.41) is 0.591. The van der Waals surface area contributed by atoms with E-state index in [-0.39, 0.29) is 5.75 Å². The van der Waals surface area contributed by atoms with Gasteiger partial charge in [0.25, 0.3) is 0 Å². The zero-order valence-corrected chi connectivity index (χ0v) is 11.0. The summed E-state index contributed by atoms with van der Waals surface area (Å²) in [6.07, 6.45) is 0. The highest BCUT2D eigenvalue weighted by Crippen LogP contribution is 2.29. The van der Waals surface area contributed by atoms with Crippen LogP contribution in [0.1, 0.15) is 0 Å². The molecule has 0 aliphatic rings. The van der Waals surface area contributed by atoms with E-state index in [1.807, 2.05) is 30.3 Å². The number of hydrogen-bond acceptors (Lipinski definition) is 3. The largest absolute Gasteiger partial charge is 0.435 e. The third-order valence-corrected chi connectivity index (χ3v) is 3.11. The van der Waals surface area contributed by atoms with Crippen LogP contribution < -0.4 is 10.5 Å². The number of pyridine rings is 1. The average molecular weight is 286 g/mol. The van der Waals surface area contributed by atoms with Crippen LogP contribution in [0.5, 0.6) is 5.75 Å². The van der Waals surface area contributed by atoms with Crippen LogP contribution in [-0.2, 0) is 0 Å². The van der Waals surface area contributed by atoms with Crippen LogP contribution in [0.15, 0.2) is 54.6 Å². The molecular weight excluding hydrogens is 274 g/mol. The number of nitrogens with two attached hydrogens (primary N) is 1. The fourth-order valence-corrected chi connectivity index (χ4v) is 2.16. The van der Waals surface area contributed by atoms with Crippen molar-refractivity contribution in [3.63, 3.8) is 0 Å². The predicted octanol–water partition coefficient (Wildman–Crippen LogP) is 4.09. The van der Waals surface area contributed by atoms with E-state index in [1.54, 1.807) is 12.1 Å². The summed E-state index contributed by atoms with van der Waals surface area (Å²) >= 11 is 0. The van der Waals surface area contributed by atoms with Crippen molar-refractivity contribution in [1.29, 1.82) is 0 Å². The molecule has 1 aromatic heterocycles. The number of ether oxygens (including phenoxy) is 1. The first-order valence-corrected chi connectivity index (χ1v) is 6.34. The Morgan fingerprint density at radius 1 is 1.00 bits per heavy atom. The Morgan fingerprint density at radius 3 is 2.48 bits per heavy atom. The molecular formula is C16H12F2N2O. The van der Waals surface area contributed by atoms with Crippen LogP contribution >= 0.6 is 0 Å². The molecule has 0 radical (unpaired) electrons. The van der Waals surface area contributed by atoms with Gasteiger partial charge in [-0.25, -0.2) is 4.98 Å². The second-order valence-corrected chi connectivity index (χ2v) is 4.52. The number of halogens is 2. The van der Waals surface area contributed by atoms with E-state index in [2.05, 4.69) is 9.72 Å². The minimum Gasteiger partial charge on any atom is -0.435 e. The molecule has 2 N–H and O–H groups in total. The van der Waals surface area contributed by atoms with E-state index < -0.39 is 6.61 Å². The SMILES string of the molecule is Nc1cc(-c2ccccc2)nc2ccc(OC(F)F)cc12. The maximum Gasteiger partial charge on any atom is 0.387 e. The highest BCUT2D eigenvalue weighted by Gasteiger charge is 2.09. The molecule has 0 aliphatic heterocycles. The Balaban J connectivity index is 2.09. The molecule has 3 aromatic rings. The Morgan fingerprint density at radius 2 is 1.76 bits per heavy atom. The van der Waals surface area contributed by atoms with Crippen LogP contribution in [0.2, 0.25) is 0 Å². The summed E-state index contributed by atoms with van der Waals surface area (Å²) in [7, 11) is 0. The summed E-state index contributed by atoms with van der Waals surface area (Å²) in [6, 6.07) is 15.9. The van der Waals surface area contributed by atoms with Gasteiger partial charge in [0, 0.05) is 16.6 Å². The zero-order chi connectivity index (χ0) is 14.8. The number of anilines is 1. The number of nitrogen functional groups attached to an aromatic ring is 1. The van der Waals surface area contributed by atoms with Gasteiger partial charge in [-0.2, -0.15) is 8.78 Å². The lowest BCUT2D eigenvalue weighted by Crippen LogP contribution is -2.02. The molecule has 0 atom stereocenters. The molecule has 106 valence electrons. The van der Waals surface area contributed by atoms with Gasteiger partial charge in [-0.1, -0.05) is 30.3 Å². The highest BCUT2D eigenvalue weighted by molar-refractivity contribution is 5.93. The van der Waals surface area contributed by atoms with E-state index in [0.29, 0.717) is 16.6 Å². The Labute approximate surface area is 120 Å². The van der Waals surface area contributed by atoms with E-state index in [9.17, 15) is 8.78 Å². The fraction of sp³-hybridized carbons (Fsp3) is 0.0625. The van der Waals surface area contributed by atoms with Crippen molar-refractivity contribution in [3.8, 4) is 17.0 Å². The molecule has 0 aliphatic carbocycles. The third kappa shape index (κ3) is 2.76. The van der Waals surface area contributed by atoms with Crippen LogP contribution in [0.4, 0.5) is 14.5 Å². The lowest BCUT2D eigenvalue weighted by atomic mass is 10.1. The summed E-state index contributed by atoms with van der Waals surface area (Å²) in [6.45, 7) is -2.86. The average Bonchev–Trinajstić information content (AvgIpc) is 2.48. The zero-order valence-electron chi connectivity index (χ0n) is 11.0. The maximum absolute atomic E-state index is 12.2. The lowest BCUT2D eigenvalue weighted by molar-refractivity contribution is -0.0497. The Bertz CT molecular complexity index is 776. The van der Waals surface area contributed by atoms with Crippen molar-refractivity contribution in [2.24, 2.45) is 0 Å². The van der Waals surface area contributed by atoms with Crippen LogP contribution in [0, 0.1) is 0 Å². The van der Waals surface area contributed by atoms with Gasteiger partial charge in [-0.05, 0) is 24.3 Å². The molecule has 0 saturated carbocycles. The topological polar surface area (TPSA) is 48.1 Å². The number of hydrogen-bond donors (Lipinski definition) is 1. The van der Waals surface area contributed by atoms with Crippen LogP contribution in [0.25, 0.3) is 22.2 Å². The second kappa shape index (κ2) is 5.36. The molecule has 0 saturated heterocycles. The van der Waals surface area contributed by atoms with Crippen LogP contribution in [-0.4, -0.2) is 11.6 Å². The van der Waals surface area contributed by atoms with E-state index in [4.69, 9.17) is 5.73 Å². The minimum absolute atomic E-state index is 0.0680. The second-order valence-electron chi connectivity index (χ2n) is 4.52. The molecule has 3 rings (SSSR count). The summed E-state index contributed by atoms with van der Waals surface area (Å²) in [4.78, 5) is 4.50. The minimum atomic E-state index is -2.86. The number of nitrogens with zero attached hydrogens (tertiary/aromatic N) is 1. The number of benzene rings is 2. The van der Waals surface area contributed by atoms with Gasteiger partial charge in [0.1, 0.15) is 5.75 Å². The predicted molar refractivity (Wildman–Crippen MR) is 78.2 cm³/mol. The monoisotopic (exact) mass is 286 g/mol. The van der Waals surface area contributed by atoms with Crippen molar-refractivity contribution >= 4 is 16.6 Å². The van der Waals surface area contributed by atoms with E-state index in [1.165, 1.54) is 12.1 Å². The summed E-state index contributed by atoms with van der Waals surface area (Å²) < 4.78 is 28.9. The number of aromatic nitrogens is 1. The molecule has 0 bridgehead atoms. The highest BCUT2D eigenvalue weighted by atomic mass is 19.3. The molecule has 21 heavy (non-hydrogen) atoms. The molecule has 2 aromatic carbocycles. The molecule has 0 spiro atoms. The first-order chi connectivity index (χ1) is 10.1.